The van der Waals surface area contributed by atoms with Crippen LogP contribution in [0, 0.1) is 17.2 Å². The fourth-order valence-electron chi connectivity index (χ4n) is 3.28. The zero-order valence-corrected chi connectivity index (χ0v) is 15.9. The van der Waals surface area contributed by atoms with Crippen molar-refractivity contribution in [3.05, 3.63) is 50.2 Å². The summed E-state index contributed by atoms with van der Waals surface area (Å²) < 4.78 is 0.984. The zero-order valence-electron chi connectivity index (χ0n) is 13.6. The molecule has 0 spiro atoms. The van der Waals surface area contributed by atoms with Crippen molar-refractivity contribution in [3.63, 3.8) is 0 Å². The zero-order chi connectivity index (χ0) is 17.6. The van der Waals surface area contributed by atoms with Crippen LogP contribution < -0.4 is 5.32 Å². The number of halogens is 1. The first-order chi connectivity index (χ1) is 12.1. The molecule has 1 aliphatic carbocycles. The van der Waals surface area contributed by atoms with Gasteiger partial charge >= 0.3 is 0 Å². The predicted molar refractivity (Wildman–Crippen MR) is 105 cm³/mol. The van der Waals surface area contributed by atoms with Crippen molar-refractivity contribution in [2.24, 2.45) is 5.92 Å². The monoisotopic (exact) mass is 386 g/mol. The largest absolute Gasteiger partial charge is 0.312 e. The molecule has 3 nitrogen and oxygen atoms in total. The van der Waals surface area contributed by atoms with E-state index in [1.54, 1.807) is 0 Å². The average Bonchev–Trinajstić information content (AvgIpc) is 3.12. The first-order valence-electron chi connectivity index (χ1n) is 8.11. The third-order valence-electron chi connectivity index (χ3n) is 4.59. The van der Waals surface area contributed by atoms with Gasteiger partial charge in [0.05, 0.1) is 10.6 Å². The average molecular weight is 387 g/mol. The summed E-state index contributed by atoms with van der Waals surface area (Å²) in [6.45, 7) is 2.21. The minimum absolute atomic E-state index is 0.241. The molecule has 3 aromatic rings. The fraction of sp³-hybridized carbons (Fsp3) is 0.263. The number of aryl methyl sites for hydroxylation is 1. The number of carbonyl (C=O) groups excluding carboxylic acids is 1. The van der Waals surface area contributed by atoms with E-state index in [0.717, 1.165) is 34.9 Å². The molecule has 1 amide bonds. The van der Waals surface area contributed by atoms with Crippen molar-refractivity contribution in [1.29, 1.82) is 5.26 Å². The second-order valence-electron chi connectivity index (χ2n) is 6.36. The van der Waals surface area contributed by atoms with Crippen LogP contribution in [0.25, 0.3) is 10.1 Å². The number of fused-ring (bicyclic) bond motifs is 2. The van der Waals surface area contributed by atoms with Crippen LogP contribution >= 0.6 is 34.3 Å². The van der Waals surface area contributed by atoms with Crippen LogP contribution in [0.2, 0.25) is 5.02 Å². The predicted octanol–water partition coefficient (Wildman–Crippen LogP) is 5.86. The summed E-state index contributed by atoms with van der Waals surface area (Å²) >= 11 is 9.31. The smallest absolute Gasteiger partial charge is 0.267 e. The Kier molecular flexibility index (Phi) is 4.28. The van der Waals surface area contributed by atoms with E-state index >= 15 is 0 Å². The van der Waals surface area contributed by atoms with Crippen molar-refractivity contribution < 1.29 is 4.79 Å². The number of anilines is 1. The molecule has 0 fully saturated rings. The number of thiophene rings is 2. The minimum atomic E-state index is -0.241. The van der Waals surface area contributed by atoms with Gasteiger partial charge in [0.25, 0.3) is 5.91 Å². The molecule has 0 saturated heterocycles. The van der Waals surface area contributed by atoms with Gasteiger partial charge in [0.1, 0.15) is 15.9 Å². The van der Waals surface area contributed by atoms with Crippen LogP contribution in [0.5, 0.6) is 0 Å². The van der Waals surface area contributed by atoms with Gasteiger partial charge in [-0.25, -0.2) is 0 Å². The second-order valence-corrected chi connectivity index (χ2v) is 8.90. The van der Waals surface area contributed by atoms with E-state index in [2.05, 4.69) is 18.3 Å². The highest BCUT2D eigenvalue weighted by molar-refractivity contribution is 7.22. The van der Waals surface area contributed by atoms with Gasteiger partial charge in [0.2, 0.25) is 0 Å². The molecule has 25 heavy (non-hydrogen) atoms. The van der Waals surface area contributed by atoms with Crippen molar-refractivity contribution in [2.75, 3.05) is 5.32 Å². The van der Waals surface area contributed by atoms with Crippen molar-refractivity contribution in [3.8, 4) is 6.07 Å². The minimum Gasteiger partial charge on any atom is -0.312 e. The summed E-state index contributed by atoms with van der Waals surface area (Å²) in [6, 6.07) is 9.99. The summed E-state index contributed by atoms with van der Waals surface area (Å²) in [6.07, 6.45) is 3.03. The molecule has 6 heteroatoms. The quantitative estimate of drug-likeness (QED) is 0.599. The maximum atomic E-state index is 12.8. The number of hydrogen-bond acceptors (Lipinski definition) is 4. The van der Waals surface area contributed by atoms with E-state index in [9.17, 15) is 10.1 Å². The van der Waals surface area contributed by atoms with Gasteiger partial charge in [-0.15, -0.1) is 22.7 Å². The van der Waals surface area contributed by atoms with E-state index in [0.29, 0.717) is 26.4 Å². The Hall–Kier alpha value is -1.87. The number of nitrogens with zero attached hydrogens (tertiary/aromatic N) is 1. The Bertz CT molecular complexity index is 1030. The molecule has 1 atom stereocenters. The second kappa shape index (κ2) is 6.45. The first-order valence-corrected chi connectivity index (χ1v) is 10.1. The van der Waals surface area contributed by atoms with Gasteiger partial charge in [0.15, 0.2) is 0 Å². The van der Waals surface area contributed by atoms with Gasteiger partial charge in [-0.3, -0.25) is 4.79 Å². The van der Waals surface area contributed by atoms with Gasteiger partial charge in [-0.05, 0) is 36.8 Å². The Morgan fingerprint density at radius 3 is 2.92 bits per heavy atom. The third kappa shape index (κ3) is 2.85. The molecule has 2 aromatic heterocycles. The molecule has 0 saturated carbocycles. The fourth-order valence-corrected chi connectivity index (χ4v) is 5.89. The molecule has 0 radical (unpaired) electrons. The van der Waals surface area contributed by atoms with Crippen LogP contribution in [0.4, 0.5) is 5.00 Å². The number of rotatable bonds is 2. The van der Waals surface area contributed by atoms with E-state index in [-0.39, 0.29) is 5.91 Å². The lowest BCUT2D eigenvalue weighted by atomic mass is 9.88. The van der Waals surface area contributed by atoms with Gasteiger partial charge in [0, 0.05) is 15.0 Å². The molecule has 126 valence electrons. The lowest BCUT2D eigenvalue weighted by molar-refractivity contribution is 0.103. The highest BCUT2D eigenvalue weighted by atomic mass is 35.5. The SMILES string of the molecule is C[C@@H]1CCc2sc(NC(=O)c3sc4ccccc4c3Cl)c(C#N)c2C1. The normalized spacial score (nSPS) is 16.4. The first kappa shape index (κ1) is 16.6. The topological polar surface area (TPSA) is 52.9 Å². The van der Waals surface area contributed by atoms with Crippen LogP contribution in [-0.4, -0.2) is 5.91 Å². The van der Waals surface area contributed by atoms with E-state index in [1.807, 2.05) is 24.3 Å². The van der Waals surface area contributed by atoms with Crippen LogP contribution in [0.15, 0.2) is 24.3 Å². The summed E-state index contributed by atoms with van der Waals surface area (Å²) in [5, 5.41) is 14.5. The van der Waals surface area contributed by atoms with Crippen LogP contribution in [0.1, 0.15) is 39.0 Å². The molecule has 0 bridgehead atoms. The molecule has 0 unspecified atom stereocenters. The number of amides is 1. The van der Waals surface area contributed by atoms with E-state index < -0.39 is 0 Å². The Labute approximate surface area is 158 Å². The molecule has 1 aliphatic rings. The van der Waals surface area contributed by atoms with Crippen LogP contribution in [0.3, 0.4) is 0 Å². The number of nitrogens with one attached hydrogen (secondary N) is 1. The van der Waals surface area contributed by atoms with Gasteiger partial charge < -0.3 is 5.32 Å². The van der Waals surface area contributed by atoms with Gasteiger partial charge in [-0.2, -0.15) is 5.26 Å². The standard InChI is InChI=1S/C19H15ClN2OS2/c1-10-6-7-15-12(8-10)13(9-21)19(25-15)22-18(23)17-16(20)11-4-2-3-5-14(11)24-17/h2-5,10H,6-8H2,1H3,(H,22,23)/t10-/m1/s1. The van der Waals surface area contributed by atoms with Gasteiger partial charge in [-0.1, -0.05) is 36.7 Å². The summed E-state index contributed by atoms with van der Waals surface area (Å²) in [5.41, 5.74) is 1.74. The van der Waals surface area contributed by atoms with Crippen molar-refractivity contribution >= 4 is 55.3 Å². The highest BCUT2D eigenvalue weighted by Gasteiger charge is 2.26. The number of benzene rings is 1. The maximum Gasteiger partial charge on any atom is 0.267 e. The molecule has 2 heterocycles. The summed E-state index contributed by atoms with van der Waals surface area (Å²) in [5.74, 6) is 0.337. The Morgan fingerprint density at radius 1 is 1.36 bits per heavy atom. The molecule has 1 N–H and O–H groups in total. The lowest BCUT2D eigenvalue weighted by Gasteiger charge is -2.17. The van der Waals surface area contributed by atoms with Crippen LogP contribution in [-0.2, 0) is 12.8 Å². The number of nitriles is 1. The summed E-state index contributed by atoms with van der Waals surface area (Å²) in [4.78, 5) is 14.5. The number of carbonyl (C=O) groups is 1. The molecular weight excluding hydrogens is 372 g/mol. The van der Waals surface area contributed by atoms with Crippen molar-refractivity contribution in [2.45, 2.75) is 26.2 Å². The van der Waals surface area contributed by atoms with E-state index in [1.165, 1.54) is 27.6 Å². The molecule has 0 aliphatic heterocycles. The Morgan fingerprint density at radius 2 is 2.16 bits per heavy atom. The highest BCUT2D eigenvalue weighted by Crippen LogP contribution is 2.40. The van der Waals surface area contributed by atoms with Crippen molar-refractivity contribution in [1.82, 2.24) is 0 Å². The molecule has 1 aromatic carbocycles. The molecular formula is C19H15ClN2OS2. The maximum absolute atomic E-state index is 12.8. The third-order valence-corrected chi connectivity index (χ3v) is 7.47. The Balaban J connectivity index is 1.69. The summed E-state index contributed by atoms with van der Waals surface area (Å²) in [7, 11) is 0. The number of hydrogen-bond donors (Lipinski definition) is 1. The molecule has 4 rings (SSSR count). The van der Waals surface area contributed by atoms with E-state index in [4.69, 9.17) is 11.6 Å². The lowest BCUT2D eigenvalue weighted by Crippen LogP contribution is -2.11.